The van der Waals surface area contributed by atoms with E-state index in [1.165, 1.54) is 12.1 Å². The molecule has 0 saturated carbocycles. The summed E-state index contributed by atoms with van der Waals surface area (Å²) in [6, 6.07) is 6.31. The molecule has 0 aliphatic heterocycles. The van der Waals surface area contributed by atoms with Gasteiger partial charge in [-0.25, -0.2) is 5.48 Å². The second kappa shape index (κ2) is 6.10. The Morgan fingerprint density at radius 3 is 2.60 bits per heavy atom. The molecule has 1 aromatic rings. The lowest BCUT2D eigenvalue weighted by molar-refractivity contribution is -0.384. The summed E-state index contributed by atoms with van der Waals surface area (Å²) < 4.78 is 0. The van der Waals surface area contributed by atoms with Crippen LogP contribution in [0.5, 0.6) is 0 Å². The van der Waals surface area contributed by atoms with E-state index < -0.39 is 4.92 Å². The number of hydrogen-bond donors (Lipinski definition) is 1. The first-order valence-corrected chi connectivity index (χ1v) is 4.82. The van der Waals surface area contributed by atoms with E-state index >= 15 is 0 Å². The van der Waals surface area contributed by atoms with Crippen LogP contribution < -0.4 is 5.48 Å². The summed E-state index contributed by atoms with van der Waals surface area (Å²) in [5, 5.41) is 10.4. The van der Waals surface area contributed by atoms with Crippen molar-refractivity contribution in [1.29, 1.82) is 0 Å². The van der Waals surface area contributed by atoms with Gasteiger partial charge in [-0.3, -0.25) is 15.0 Å². The number of benzene rings is 1. The van der Waals surface area contributed by atoms with Crippen molar-refractivity contribution in [2.75, 3.05) is 6.54 Å². The van der Waals surface area contributed by atoms with Crippen LogP contribution in [-0.2, 0) is 11.4 Å². The van der Waals surface area contributed by atoms with Gasteiger partial charge in [-0.05, 0) is 24.1 Å². The van der Waals surface area contributed by atoms with Crippen molar-refractivity contribution < 1.29 is 9.76 Å². The topological polar surface area (TPSA) is 64.4 Å². The van der Waals surface area contributed by atoms with E-state index in [1.54, 1.807) is 12.1 Å². The molecule has 0 heterocycles. The van der Waals surface area contributed by atoms with Crippen molar-refractivity contribution in [2.24, 2.45) is 0 Å². The number of non-ortho nitro benzene ring substituents is 1. The first-order chi connectivity index (χ1) is 7.24. The lowest BCUT2D eigenvalue weighted by Gasteiger charge is -2.03. The third-order valence-electron chi connectivity index (χ3n) is 1.84. The van der Waals surface area contributed by atoms with Crippen LogP contribution in [0.3, 0.4) is 0 Å². The number of nitrogens with one attached hydrogen (secondary N) is 1. The van der Waals surface area contributed by atoms with E-state index in [1.807, 2.05) is 6.92 Å². The zero-order chi connectivity index (χ0) is 11.1. The highest BCUT2D eigenvalue weighted by Crippen LogP contribution is 2.11. The molecule has 1 rings (SSSR count). The predicted octanol–water partition coefficient (Wildman–Crippen LogP) is 2.03. The van der Waals surface area contributed by atoms with Crippen molar-refractivity contribution in [1.82, 2.24) is 5.48 Å². The normalized spacial score (nSPS) is 10.2. The van der Waals surface area contributed by atoms with Crippen LogP contribution in [0.15, 0.2) is 24.3 Å². The highest BCUT2D eigenvalue weighted by atomic mass is 16.6. The Bertz CT molecular complexity index is 311. The van der Waals surface area contributed by atoms with Crippen LogP contribution in [0.2, 0.25) is 0 Å². The summed E-state index contributed by atoms with van der Waals surface area (Å²) in [5.41, 5.74) is 3.79. The molecule has 5 heteroatoms. The first kappa shape index (κ1) is 11.6. The van der Waals surface area contributed by atoms with Gasteiger partial charge in [-0.2, -0.15) is 0 Å². The quantitative estimate of drug-likeness (QED) is 0.443. The Morgan fingerprint density at radius 1 is 1.40 bits per heavy atom. The molecule has 1 aromatic carbocycles. The third kappa shape index (κ3) is 4.05. The average Bonchev–Trinajstić information content (AvgIpc) is 2.25. The molecular weight excluding hydrogens is 196 g/mol. The molecule has 0 atom stereocenters. The van der Waals surface area contributed by atoms with Crippen molar-refractivity contribution >= 4 is 5.69 Å². The number of rotatable bonds is 6. The molecule has 0 spiro atoms. The SMILES string of the molecule is CCCNOCc1ccc([N+](=O)[O-])cc1. The average molecular weight is 210 g/mol. The minimum absolute atomic E-state index is 0.0975. The maximum atomic E-state index is 10.4. The highest BCUT2D eigenvalue weighted by Gasteiger charge is 2.03. The Labute approximate surface area is 88.2 Å². The lowest BCUT2D eigenvalue weighted by Crippen LogP contribution is -2.14. The Morgan fingerprint density at radius 2 is 2.07 bits per heavy atom. The molecular formula is C10H14N2O3. The number of nitrogens with zero attached hydrogens (tertiary/aromatic N) is 1. The van der Waals surface area contributed by atoms with Gasteiger partial charge >= 0.3 is 0 Å². The van der Waals surface area contributed by atoms with Gasteiger partial charge in [0.15, 0.2) is 0 Å². The highest BCUT2D eigenvalue weighted by molar-refractivity contribution is 5.32. The van der Waals surface area contributed by atoms with Crippen LogP contribution in [0, 0.1) is 10.1 Å². The number of hydrogen-bond acceptors (Lipinski definition) is 4. The summed E-state index contributed by atoms with van der Waals surface area (Å²) in [6.45, 7) is 3.26. The van der Waals surface area contributed by atoms with E-state index in [0.717, 1.165) is 18.5 Å². The van der Waals surface area contributed by atoms with Crippen molar-refractivity contribution in [2.45, 2.75) is 20.0 Å². The summed E-state index contributed by atoms with van der Waals surface area (Å²) in [5.74, 6) is 0. The molecule has 15 heavy (non-hydrogen) atoms. The zero-order valence-electron chi connectivity index (χ0n) is 8.60. The maximum absolute atomic E-state index is 10.4. The first-order valence-electron chi connectivity index (χ1n) is 4.82. The second-order valence-corrected chi connectivity index (χ2v) is 3.11. The summed E-state index contributed by atoms with van der Waals surface area (Å²) in [4.78, 5) is 15.1. The summed E-state index contributed by atoms with van der Waals surface area (Å²) in [7, 11) is 0. The van der Waals surface area contributed by atoms with Crippen molar-refractivity contribution in [3.8, 4) is 0 Å². The minimum atomic E-state index is -0.417. The van der Waals surface area contributed by atoms with Gasteiger partial charge in [0.2, 0.25) is 0 Å². The van der Waals surface area contributed by atoms with E-state index in [4.69, 9.17) is 4.84 Å². The predicted molar refractivity (Wildman–Crippen MR) is 56.2 cm³/mol. The van der Waals surface area contributed by atoms with E-state index in [9.17, 15) is 10.1 Å². The van der Waals surface area contributed by atoms with Gasteiger partial charge in [-0.1, -0.05) is 6.92 Å². The van der Waals surface area contributed by atoms with Crippen LogP contribution in [-0.4, -0.2) is 11.5 Å². The number of nitro benzene ring substituents is 1. The molecule has 1 N–H and O–H groups in total. The largest absolute Gasteiger partial charge is 0.297 e. The zero-order valence-corrected chi connectivity index (χ0v) is 8.60. The maximum Gasteiger partial charge on any atom is 0.269 e. The Balaban J connectivity index is 2.39. The van der Waals surface area contributed by atoms with E-state index in [-0.39, 0.29) is 5.69 Å². The molecule has 0 aromatic heterocycles. The lowest BCUT2D eigenvalue weighted by atomic mass is 10.2. The minimum Gasteiger partial charge on any atom is -0.297 e. The Hall–Kier alpha value is -1.46. The molecule has 0 fully saturated rings. The van der Waals surface area contributed by atoms with Crippen LogP contribution >= 0.6 is 0 Å². The molecule has 0 radical (unpaired) electrons. The smallest absolute Gasteiger partial charge is 0.269 e. The fourth-order valence-electron chi connectivity index (χ4n) is 1.02. The van der Waals surface area contributed by atoms with Crippen LogP contribution in [0.1, 0.15) is 18.9 Å². The summed E-state index contributed by atoms with van der Waals surface area (Å²) >= 11 is 0. The van der Waals surface area contributed by atoms with E-state index in [0.29, 0.717) is 6.61 Å². The molecule has 82 valence electrons. The van der Waals surface area contributed by atoms with Crippen LogP contribution in [0.25, 0.3) is 0 Å². The third-order valence-corrected chi connectivity index (χ3v) is 1.84. The second-order valence-electron chi connectivity index (χ2n) is 3.11. The number of hydroxylamine groups is 1. The van der Waals surface area contributed by atoms with E-state index in [2.05, 4.69) is 5.48 Å². The van der Waals surface area contributed by atoms with Crippen LogP contribution in [0.4, 0.5) is 5.69 Å². The van der Waals surface area contributed by atoms with Gasteiger partial charge in [0.25, 0.3) is 5.69 Å². The monoisotopic (exact) mass is 210 g/mol. The fraction of sp³-hybridized carbons (Fsp3) is 0.400. The van der Waals surface area contributed by atoms with Gasteiger partial charge in [0.1, 0.15) is 0 Å². The molecule has 5 nitrogen and oxygen atoms in total. The standard InChI is InChI=1S/C10H14N2O3/c1-2-7-11-15-8-9-3-5-10(6-4-9)12(13)14/h3-6,11H,2,7-8H2,1H3. The molecule has 0 unspecified atom stereocenters. The van der Waals surface area contributed by atoms with Gasteiger partial charge in [0, 0.05) is 18.7 Å². The molecule has 0 aliphatic carbocycles. The van der Waals surface area contributed by atoms with Crippen molar-refractivity contribution in [3.05, 3.63) is 39.9 Å². The molecule has 0 aliphatic rings. The summed E-state index contributed by atoms with van der Waals surface area (Å²) in [6.07, 6.45) is 1.00. The Kier molecular flexibility index (Phi) is 4.73. The number of nitro groups is 1. The van der Waals surface area contributed by atoms with Crippen molar-refractivity contribution in [3.63, 3.8) is 0 Å². The van der Waals surface area contributed by atoms with Gasteiger partial charge in [-0.15, -0.1) is 0 Å². The van der Waals surface area contributed by atoms with Gasteiger partial charge < -0.3 is 0 Å². The van der Waals surface area contributed by atoms with Gasteiger partial charge in [0.05, 0.1) is 11.5 Å². The molecule has 0 saturated heterocycles. The molecule has 0 bridgehead atoms. The molecule has 0 amide bonds. The fourth-order valence-corrected chi connectivity index (χ4v) is 1.02.